The topological polar surface area (TPSA) is 122 Å². The molecule has 9 nitrogen and oxygen atoms in total. The highest BCUT2D eigenvalue weighted by Gasteiger charge is 2.12. The molecule has 0 fully saturated rings. The van der Waals surface area contributed by atoms with Gasteiger partial charge in [-0.15, -0.1) is 0 Å². The second-order valence-electron chi connectivity index (χ2n) is 5.77. The van der Waals surface area contributed by atoms with Crippen LogP contribution in [-0.2, 0) is 0 Å². The normalized spacial score (nSPS) is 10.9. The van der Waals surface area contributed by atoms with Gasteiger partial charge in [-0.25, -0.2) is 10.1 Å². The number of amides is 1. The molecule has 28 heavy (non-hydrogen) atoms. The summed E-state index contributed by atoms with van der Waals surface area (Å²) in [6.07, 6.45) is 1.23. The molecular weight excluding hydrogens is 386 g/mol. The van der Waals surface area contributed by atoms with Crippen molar-refractivity contribution in [3.05, 3.63) is 90.8 Å². The third-order valence-corrected chi connectivity index (χ3v) is 4.12. The molecular formula is C18H14ClN5O4. The van der Waals surface area contributed by atoms with Gasteiger partial charge in [0.15, 0.2) is 0 Å². The highest BCUT2D eigenvalue weighted by Crippen LogP contribution is 2.14. The van der Waals surface area contributed by atoms with Gasteiger partial charge in [0, 0.05) is 28.4 Å². The van der Waals surface area contributed by atoms with Crippen LogP contribution in [0.15, 0.2) is 58.4 Å². The van der Waals surface area contributed by atoms with Crippen LogP contribution in [0.25, 0.3) is 5.69 Å². The number of nitro groups is 1. The minimum Gasteiger partial charge on any atom is -0.295 e. The highest BCUT2D eigenvalue weighted by molar-refractivity contribution is 6.30. The zero-order valence-corrected chi connectivity index (χ0v) is 15.3. The van der Waals surface area contributed by atoms with E-state index in [4.69, 9.17) is 11.6 Å². The monoisotopic (exact) mass is 399 g/mol. The van der Waals surface area contributed by atoms with Crippen LogP contribution in [0.1, 0.15) is 21.6 Å². The summed E-state index contributed by atoms with van der Waals surface area (Å²) in [6.45, 7) is 1.70. The molecule has 2 aromatic carbocycles. The van der Waals surface area contributed by atoms with E-state index in [1.54, 1.807) is 31.2 Å². The van der Waals surface area contributed by atoms with Gasteiger partial charge in [0.25, 0.3) is 17.2 Å². The zero-order chi connectivity index (χ0) is 20.3. The van der Waals surface area contributed by atoms with Crippen LogP contribution in [0, 0.1) is 17.0 Å². The number of non-ortho nitro benzene ring substituents is 1. The molecule has 0 spiro atoms. The van der Waals surface area contributed by atoms with Gasteiger partial charge in [-0.2, -0.15) is 5.10 Å². The standard InChI is InChI=1S/C18H14ClN5O4/c1-11-16(18(26)23(22-11)15-4-2-3-13(19)9-15)10-20-21-17(25)12-5-7-14(8-6-12)24(27)28/h2-10,22H,1H3,(H,21,25)/b20-10+. The van der Waals surface area contributed by atoms with E-state index in [0.717, 1.165) is 0 Å². The summed E-state index contributed by atoms with van der Waals surface area (Å²) in [5.41, 5.74) is 3.40. The summed E-state index contributed by atoms with van der Waals surface area (Å²) < 4.78 is 1.32. The van der Waals surface area contributed by atoms with Crippen LogP contribution in [-0.4, -0.2) is 26.8 Å². The fraction of sp³-hybridized carbons (Fsp3) is 0.0556. The second-order valence-corrected chi connectivity index (χ2v) is 6.21. The Bertz CT molecular complexity index is 1130. The fourth-order valence-corrected chi connectivity index (χ4v) is 2.65. The van der Waals surface area contributed by atoms with E-state index in [2.05, 4.69) is 15.6 Å². The van der Waals surface area contributed by atoms with Crippen LogP contribution in [0.2, 0.25) is 5.02 Å². The number of aromatic amines is 1. The SMILES string of the molecule is Cc1[nH]n(-c2cccc(Cl)c2)c(=O)c1/C=N/NC(=O)c1ccc([N+](=O)[O-])cc1. The molecule has 0 unspecified atom stereocenters. The van der Waals surface area contributed by atoms with Crippen molar-refractivity contribution in [2.24, 2.45) is 5.10 Å². The molecule has 2 N–H and O–H groups in total. The van der Waals surface area contributed by atoms with E-state index < -0.39 is 10.8 Å². The summed E-state index contributed by atoms with van der Waals surface area (Å²) >= 11 is 5.96. The fourth-order valence-electron chi connectivity index (χ4n) is 2.46. The second kappa shape index (κ2) is 7.89. The number of nitro benzene ring substituents is 1. The van der Waals surface area contributed by atoms with Crippen LogP contribution in [0.5, 0.6) is 0 Å². The van der Waals surface area contributed by atoms with Crippen LogP contribution in [0.4, 0.5) is 5.69 Å². The summed E-state index contributed by atoms with van der Waals surface area (Å²) in [4.78, 5) is 34.7. The quantitative estimate of drug-likeness (QED) is 0.389. The number of hydrogen-bond acceptors (Lipinski definition) is 5. The number of aromatic nitrogens is 2. The lowest BCUT2D eigenvalue weighted by atomic mass is 10.2. The van der Waals surface area contributed by atoms with Gasteiger partial charge >= 0.3 is 0 Å². The van der Waals surface area contributed by atoms with Gasteiger partial charge in [-0.3, -0.25) is 24.8 Å². The Morgan fingerprint density at radius 3 is 2.64 bits per heavy atom. The molecule has 0 aliphatic carbocycles. The molecule has 10 heteroatoms. The number of H-pyrrole nitrogens is 1. The van der Waals surface area contributed by atoms with Crippen molar-refractivity contribution in [3.63, 3.8) is 0 Å². The summed E-state index contributed by atoms with van der Waals surface area (Å²) in [5, 5.41) is 17.9. The molecule has 1 aromatic heterocycles. The van der Waals surface area contributed by atoms with Crippen molar-refractivity contribution in [3.8, 4) is 5.69 Å². The van der Waals surface area contributed by atoms with E-state index >= 15 is 0 Å². The van der Waals surface area contributed by atoms with Crippen molar-refractivity contribution >= 4 is 29.4 Å². The Morgan fingerprint density at radius 2 is 2.00 bits per heavy atom. The van der Waals surface area contributed by atoms with E-state index in [-0.39, 0.29) is 22.4 Å². The molecule has 0 radical (unpaired) electrons. The third kappa shape index (κ3) is 3.99. The maximum absolute atomic E-state index is 12.6. The van der Waals surface area contributed by atoms with Gasteiger partial charge in [-0.1, -0.05) is 17.7 Å². The van der Waals surface area contributed by atoms with E-state index in [0.29, 0.717) is 16.4 Å². The van der Waals surface area contributed by atoms with Crippen LogP contribution < -0.4 is 11.0 Å². The van der Waals surface area contributed by atoms with E-state index in [9.17, 15) is 19.7 Å². The Balaban J connectivity index is 1.76. The first-order valence-corrected chi connectivity index (χ1v) is 8.40. The van der Waals surface area contributed by atoms with Gasteiger partial charge < -0.3 is 0 Å². The number of halogens is 1. The molecule has 3 aromatic rings. The van der Waals surface area contributed by atoms with Crippen molar-refractivity contribution in [1.29, 1.82) is 0 Å². The summed E-state index contributed by atoms with van der Waals surface area (Å²) in [5.74, 6) is -0.561. The average Bonchev–Trinajstić information content (AvgIpc) is 2.96. The maximum Gasteiger partial charge on any atom is 0.280 e. The molecule has 0 aliphatic rings. The summed E-state index contributed by atoms with van der Waals surface area (Å²) in [6, 6.07) is 11.8. The van der Waals surface area contributed by atoms with Gasteiger partial charge in [0.2, 0.25) is 0 Å². The minimum atomic E-state index is -0.561. The number of benzene rings is 2. The number of hydrogen-bond donors (Lipinski definition) is 2. The zero-order valence-electron chi connectivity index (χ0n) is 14.5. The van der Waals surface area contributed by atoms with Gasteiger partial charge in [0.1, 0.15) is 0 Å². The Labute approximate surface area is 163 Å². The Hall–Kier alpha value is -3.72. The molecule has 0 atom stereocenters. The van der Waals surface area contributed by atoms with Crippen LogP contribution in [0.3, 0.4) is 0 Å². The molecule has 0 saturated heterocycles. The minimum absolute atomic E-state index is 0.121. The van der Waals surface area contributed by atoms with Crippen molar-refractivity contribution in [1.82, 2.24) is 15.2 Å². The number of aryl methyl sites for hydroxylation is 1. The van der Waals surface area contributed by atoms with Crippen LogP contribution >= 0.6 is 11.6 Å². The lowest BCUT2D eigenvalue weighted by molar-refractivity contribution is -0.384. The highest BCUT2D eigenvalue weighted by atomic mass is 35.5. The van der Waals surface area contributed by atoms with Crippen molar-refractivity contribution in [2.75, 3.05) is 0 Å². The number of nitrogens with zero attached hydrogens (tertiary/aromatic N) is 3. The number of nitrogens with one attached hydrogen (secondary N) is 2. The first-order valence-electron chi connectivity index (χ1n) is 8.02. The smallest absolute Gasteiger partial charge is 0.280 e. The molecule has 142 valence electrons. The lowest BCUT2D eigenvalue weighted by Crippen LogP contribution is -2.20. The average molecular weight is 400 g/mol. The number of carbonyl (C=O) groups is 1. The largest absolute Gasteiger partial charge is 0.295 e. The van der Waals surface area contributed by atoms with Gasteiger partial charge in [0.05, 0.1) is 22.4 Å². The van der Waals surface area contributed by atoms with Crippen molar-refractivity contribution < 1.29 is 9.72 Å². The van der Waals surface area contributed by atoms with E-state index in [1.807, 2.05) is 0 Å². The maximum atomic E-state index is 12.6. The van der Waals surface area contributed by atoms with E-state index in [1.165, 1.54) is 35.2 Å². The molecule has 3 rings (SSSR count). The lowest BCUT2D eigenvalue weighted by Gasteiger charge is -2.01. The number of rotatable bonds is 5. The summed E-state index contributed by atoms with van der Waals surface area (Å²) in [7, 11) is 0. The first-order chi connectivity index (χ1) is 13.4. The predicted octanol–water partition coefficient (Wildman–Crippen LogP) is 2.80. The van der Waals surface area contributed by atoms with Crippen molar-refractivity contribution in [2.45, 2.75) is 6.92 Å². The molecule has 0 bridgehead atoms. The van der Waals surface area contributed by atoms with Gasteiger partial charge in [-0.05, 0) is 37.3 Å². The number of carbonyl (C=O) groups excluding carboxylic acids is 1. The molecule has 1 amide bonds. The first kappa shape index (κ1) is 19.1. The Kier molecular flexibility index (Phi) is 5.37. The molecule has 0 saturated carbocycles. The number of hydrazone groups is 1. The Morgan fingerprint density at radius 1 is 1.29 bits per heavy atom. The predicted molar refractivity (Wildman–Crippen MR) is 104 cm³/mol. The molecule has 0 aliphatic heterocycles. The third-order valence-electron chi connectivity index (χ3n) is 3.88. The molecule has 1 heterocycles.